The Labute approximate surface area is 148 Å². The molecule has 0 radical (unpaired) electrons. The zero-order valence-electron chi connectivity index (χ0n) is 14.0. The number of halogens is 1. The summed E-state index contributed by atoms with van der Waals surface area (Å²) in [6.07, 6.45) is 3.25. The van der Waals surface area contributed by atoms with Gasteiger partial charge in [-0.15, -0.1) is 0 Å². The van der Waals surface area contributed by atoms with Crippen molar-refractivity contribution in [3.8, 4) is 0 Å². The first kappa shape index (κ1) is 17.0. The van der Waals surface area contributed by atoms with Crippen molar-refractivity contribution in [2.75, 3.05) is 6.54 Å². The Bertz CT molecular complexity index is 716. The van der Waals surface area contributed by atoms with E-state index in [2.05, 4.69) is 36.5 Å². The van der Waals surface area contributed by atoms with E-state index in [1.807, 2.05) is 29.6 Å². The zero-order valence-corrected chi connectivity index (χ0v) is 14.7. The maximum absolute atomic E-state index is 12.4. The minimum absolute atomic E-state index is 0.0793. The Kier molecular flexibility index (Phi) is 5.54. The Hall–Kier alpha value is -1.84. The Morgan fingerprint density at radius 3 is 2.83 bits per heavy atom. The van der Waals surface area contributed by atoms with E-state index in [4.69, 9.17) is 11.6 Å². The number of hydrogen-bond donors (Lipinski definition) is 2. The van der Waals surface area contributed by atoms with Gasteiger partial charge in [-0.05, 0) is 43.4 Å². The monoisotopic (exact) mass is 343 g/mol. The molecule has 126 valence electrons. The molecule has 0 bridgehead atoms. The van der Waals surface area contributed by atoms with E-state index in [-0.39, 0.29) is 18.0 Å². The molecule has 24 heavy (non-hydrogen) atoms. The predicted octanol–water partition coefficient (Wildman–Crippen LogP) is 3.16. The number of fused-ring (bicyclic) bond motifs is 1. The van der Waals surface area contributed by atoms with Gasteiger partial charge in [-0.3, -0.25) is 4.79 Å². The first-order chi connectivity index (χ1) is 11.6. The topological polar surface area (TPSA) is 45.7 Å². The van der Waals surface area contributed by atoms with Crippen LogP contribution in [-0.4, -0.2) is 12.5 Å². The van der Waals surface area contributed by atoms with E-state index in [0.29, 0.717) is 6.54 Å². The van der Waals surface area contributed by atoms with E-state index in [9.17, 15) is 4.79 Å². The molecular formula is C20H24ClN2O+. The van der Waals surface area contributed by atoms with Crippen molar-refractivity contribution in [1.29, 1.82) is 0 Å². The molecule has 3 rings (SSSR count). The highest BCUT2D eigenvalue weighted by molar-refractivity contribution is 6.31. The van der Waals surface area contributed by atoms with Crippen molar-refractivity contribution in [2.45, 2.75) is 38.3 Å². The third-order valence-corrected chi connectivity index (χ3v) is 5.10. The van der Waals surface area contributed by atoms with Crippen molar-refractivity contribution in [3.05, 3.63) is 70.2 Å². The molecule has 0 unspecified atom stereocenters. The fourth-order valence-corrected chi connectivity index (χ4v) is 3.72. The SMILES string of the molecule is C[C@@H]([NH2+]CC(=O)N[C@@H]1CCCc2ccccc21)c1ccccc1Cl. The van der Waals surface area contributed by atoms with Crippen LogP contribution in [0.15, 0.2) is 48.5 Å². The lowest BCUT2D eigenvalue weighted by atomic mass is 9.88. The number of benzene rings is 2. The summed E-state index contributed by atoms with van der Waals surface area (Å²) >= 11 is 6.23. The number of carbonyl (C=O) groups is 1. The predicted molar refractivity (Wildman–Crippen MR) is 96.9 cm³/mol. The molecule has 1 aliphatic rings. The molecule has 1 aliphatic carbocycles. The van der Waals surface area contributed by atoms with Crippen molar-refractivity contribution >= 4 is 17.5 Å². The molecule has 2 aromatic rings. The molecule has 2 atom stereocenters. The van der Waals surface area contributed by atoms with Crippen molar-refractivity contribution in [3.63, 3.8) is 0 Å². The normalized spacial score (nSPS) is 17.8. The van der Waals surface area contributed by atoms with Gasteiger partial charge in [-0.2, -0.15) is 0 Å². The molecule has 0 heterocycles. The van der Waals surface area contributed by atoms with Crippen LogP contribution in [0.1, 0.15) is 48.5 Å². The number of nitrogens with two attached hydrogens (primary N) is 1. The Morgan fingerprint density at radius 1 is 1.25 bits per heavy atom. The van der Waals surface area contributed by atoms with Crippen molar-refractivity contribution < 1.29 is 10.1 Å². The Morgan fingerprint density at radius 2 is 2.00 bits per heavy atom. The summed E-state index contributed by atoms with van der Waals surface area (Å²) in [4.78, 5) is 12.4. The van der Waals surface area contributed by atoms with Gasteiger partial charge in [0.25, 0.3) is 5.91 Å². The van der Waals surface area contributed by atoms with Crippen LogP contribution >= 0.6 is 11.6 Å². The van der Waals surface area contributed by atoms with Gasteiger partial charge in [0.05, 0.1) is 6.04 Å². The number of quaternary nitrogens is 1. The largest absolute Gasteiger partial charge is 0.344 e. The number of carbonyl (C=O) groups excluding carboxylic acids is 1. The summed E-state index contributed by atoms with van der Waals surface area (Å²) < 4.78 is 0. The van der Waals surface area contributed by atoms with Crippen LogP contribution in [0.4, 0.5) is 0 Å². The van der Waals surface area contributed by atoms with Crippen LogP contribution < -0.4 is 10.6 Å². The lowest BCUT2D eigenvalue weighted by molar-refractivity contribution is -0.682. The molecule has 0 saturated heterocycles. The van der Waals surface area contributed by atoms with Crippen LogP contribution in [0.25, 0.3) is 0 Å². The van der Waals surface area contributed by atoms with Gasteiger partial charge in [-0.25, -0.2) is 0 Å². The highest BCUT2D eigenvalue weighted by Gasteiger charge is 2.22. The van der Waals surface area contributed by atoms with Crippen LogP contribution in [0.5, 0.6) is 0 Å². The first-order valence-corrected chi connectivity index (χ1v) is 8.98. The van der Waals surface area contributed by atoms with E-state index < -0.39 is 0 Å². The van der Waals surface area contributed by atoms with E-state index in [1.165, 1.54) is 11.1 Å². The minimum atomic E-state index is 0.0793. The average Bonchev–Trinajstić information content (AvgIpc) is 2.60. The quantitative estimate of drug-likeness (QED) is 0.860. The van der Waals surface area contributed by atoms with Crippen LogP contribution in [0.2, 0.25) is 5.02 Å². The van der Waals surface area contributed by atoms with Gasteiger partial charge in [0.1, 0.15) is 6.04 Å². The number of aryl methyl sites for hydroxylation is 1. The standard InChI is InChI=1S/C20H23ClN2O/c1-14(16-9-4-5-11-18(16)21)22-13-20(24)23-19-12-6-8-15-7-2-3-10-17(15)19/h2-5,7,9-11,14,19,22H,6,8,12-13H2,1H3,(H,23,24)/p+1/t14-,19-/m1/s1. The molecule has 3 N–H and O–H groups in total. The first-order valence-electron chi connectivity index (χ1n) is 8.60. The summed E-state index contributed by atoms with van der Waals surface area (Å²) in [5.41, 5.74) is 3.70. The summed E-state index contributed by atoms with van der Waals surface area (Å²) in [5.74, 6) is 0.0793. The zero-order chi connectivity index (χ0) is 16.9. The second-order valence-corrected chi connectivity index (χ2v) is 6.87. The number of amides is 1. The molecule has 1 amide bonds. The summed E-state index contributed by atoms with van der Waals surface area (Å²) in [5, 5.41) is 5.98. The number of nitrogens with one attached hydrogen (secondary N) is 1. The molecule has 4 heteroatoms. The van der Waals surface area contributed by atoms with Crippen LogP contribution in [0.3, 0.4) is 0 Å². The van der Waals surface area contributed by atoms with Crippen molar-refractivity contribution in [1.82, 2.24) is 5.32 Å². The lowest BCUT2D eigenvalue weighted by Crippen LogP contribution is -2.87. The average molecular weight is 344 g/mol. The van der Waals surface area contributed by atoms with Crippen molar-refractivity contribution in [2.24, 2.45) is 0 Å². The summed E-state index contributed by atoms with van der Waals surface area (Å²) in [6, 6.07) is 16.5. The molecule has 3 nitrogen and oxygen atoms in total. The molecule has 0 saturated carbocycles. The fourth-order valence-electron chi connectivity index (χ4n) is 3.41. The maximum atomic E-state index is 12.4. The molecule has 0 fully saturated rings. The van der Waals surface area contributed by atoms with Crippen LogP contribution in [0, 0.1) is 0 Å². The highest BCUT2D eigenvalue weighted by atomic mass is 35.5. The summed E-state index contributed by atoms with van der Waals surface area (Å²) in [7, 11) is 0. The molecule has 0 aromatic heterocycles. The molecular weight excluding hydrogens is 320 g/mol. The van der Waals surface area contributed by atoms with Gasteiger partial charge in [0.15, 0.2) is 6.54 Å². The summed E-state index contributed by atoms with van der Waals surface area (Å²) in [6.45, 7) is 2.48. The molecule has 0 aliphatic heterocycles. The van der Waals surface area contributed by atoms with E-state index >= 15 is 0 Å². The van der Waals surface area contributed by atoms with Gasteiger partial charge in [-0.1, -0.05) is 54.1 Å². The lowest BCUT2D eigenvalue weighted by Gasteiger charge is -2.26. The van der Waals surface area contributed by atoms with E-state index in [1.54, 1.807) is 0 Å². The number of hydrogen-bond acceptors (Lipinski definition) is 1. The highest BCUT2D eigenvalue weighted by Crippen LogP contribution is 2.29. The molecule has 2 aromatic carbocycles. The van der Waals surface area contributed by atoms with Gasteiger partial charge < -0.3 is 10.6 Å². The van der Waals surface area contributed by atoms with Gasteiger partial charge >= 0.3 is 0 Å². The maximum Gasteiger partial charge on any atom is 0.275 e. The third kappa shape index (κ3) is 3.97. The van der Waals surface area contributed by atoms with Gasteiger partial charge in [0.2, 0.25) is 0 Å². The Balaban J connectivity index is 1.56. The van der Waals surface area contributed by atoms with E-state index in [0.717, 1.165) is 29.8 Å². The third-order valence-electron chi connectivity index (χ3n) is 4.76. The second kappa shape index (κ2) is 7.82. The smallest absolute Gasteiger partial charge is 0.275 e. The van der Waals surface area contributed by atoms with Gasteiger partial charge in [0, 0.05) is 10.6 Å². The number of rotatable bonds is 5. The van der Waals surface area contributed by atoms with Crippen LogP contribution in [-0.2, 0) is 11.2 Å². The molecule has 0 spiro atoms. The fraction of sp³-hybridized carbons (Fsp3) is 0.350. The second-order valence-electron chi connectivity index (χ2n) is 6.46. The minimum Gasteiger partial charge on any atom is -0.344 e.